The van der Waals surface area contributed by atoms with Gasteiger partial charge in [0.25, 0.3) is 0 Å². The number of fused-ring (bicyclic) bond motifs is 1. The summed E-state index contributed by atoms with van der Waals surface area (Å²) >= 11 is 0. The van der Waals surface area contributed by atoms with Crippen LogP contribution in [0.4, 0.5) is 0 Å². The van der Waals surface area contributed by atoms with Crippen molar-refractivity contribution in [2.45, 2.75) is 53.0 Å². The van der Waals surface area contributed by atoms with Crippen LogP contribution < -0.4 is 5.73 Å². The van der Waals surface area contributed by atoms with E-state index in [4.69, 9.17) is 5.73 Å². The van der Waals surface area contributed by atoms with Crippen molar-refractivity contribution in [3.05, 3.63) is 23.3 Å². The van der Waals surface area contributed by atoms with Crippen molar-refractivity contribution in [1.29, 1.82) is 0 Å². The number of hydrogen-bond donors (Lipinski definition) is 1. The summed E-state index contributed by atoms with van der Waals surface area (Å²) in [6, 6.07) is 0.233. The van der Waals surface area contributed by atoms with Crippen LogP contribution >= 0.6 is 0 Å². The molecule has 0 bridgehead atoms. The van der Waals surface area contributed by atoms with Crippen molar-refractivity contribution in [3.63, 3.8) is 0 Å². The second-order valence-electron chi connectivity index (χ2n) is 6.37. The van der Waals surface area contributed by atoms with Crippen LogP contribution in [0, 0.1) is 10.8 Å². The summed E-state index contributed by atoms with van der Waals surface area (Å²) in [6.07, 6.45) is 8.25. The van der Waals surface area contributed by atoms with E-state index < -0.39 is 0 Å². The van der Waals surface area contributed by atoms with E-state index in [1.54, 1.807) is 5.57 Å². The first-order valence-corrected chi connectivity index (χ1v) is 6.02. The standard InChI is InChI=1S/C14H23N/c1-13(2)7-8-14(3,4)12-9-10(15)5-6-11(12)13/h6,9-10H,5,7-8,15H2,1-4H3. The maximum atomic E-state index is 6.03. The third-order valence-electron chi connectivity index (χ3n) is 4.10. The molecule has 0 radical (unpaired) electrons. The van der Waals surface area contributed by atoms with Crippen LogP contribution in [0.2, 0.25) is 0 Å². The quantitative estimate of drug-likeness (QED) is 0.644. The van der Waals surface area contributed by atoms with Gasteiger partial charge >= 0.3 is 0 Å². The predicted molar refractivity (Wildman–Crippen MR) is 65.6 cm³/mol. The molecule has 0 amide bonds. The van der Waals surface area contributed by atoms with Crippen LogP contribution in [0.3, 0.4) is 0 Å². The molecule has 0 aromatic rings. The molecule has 2 aliphatic rings. The molecule has 15 heavy (non-hydrogen) atoms. The maximum Gasteiger partial charge on any atom is 0.0264 e. The molecule has 0 aromatic carbocycles. The molecule has 0 heterocycles. The third kappa shape index (κ3) is 1.78. The Hall–Kier alpha value is -0.560. The lowest BCUT2D eigenvalue weighted by molar-refractivity contribution is 0.256. The monoisotopic (exact) mass is 205 g/mol. The van der Waals surface area contributed by atoms with Crippen LogP contribution in [0.15, 0.2) is 23.3 Å². The first-order valence-electron chi connectivity index (χ1n) is 6.02. The van der Waals surface area contributed by atoms with E-state index in [1.807, 2.05) is 0 Å². The van der Waals surface area contributed by atoms with Gasteiger partial charge in [-0.1, -0.05) is 39.8 Å². The topological polar surface area (TPSA) is 26.0 Å². The average Bonchev–Trinajstić information content (AvgIpc) is 2.13. The highest BCUT2D eigenvalue weighted by Crippen LogP contribution is 2.52. The molecule has 1 saturated carbocycles. The first-order chi connectivity index (χ1) is 6.83. The molecule has 1 nitrogen and oxygen atoms in total. The molecule has 1 atom stereocenters. The Bertz CT molecular complexity index is 331. The third-order valence-corrected chi connectivity index (χ3v) is 4.10. The first kappa shape index (κ1) is 10.9. The number of allylic oxidation sites excluding steroid dienone is 2. The van der Waals surface area contributed by atoms with Gasteiger partial charge in [0, 0.05) is 6.04 Å². The van der Waals surface area contributed by atoms with Gasteiger partial charge in [-0.15, -0.1) is 0 Å². The van der Waals surface area contributed by atoms with Gasteiger partial charge in [-0.2, -0.15) is 0 Å². The van der Waals surface area contributed by atoms with Crippen molar-refractivity contribution in [2.24, 2.45) is 16.6 Å². The van der Waals surface area contributed by atoms with Gasteiger partial charge in [0.2, 0.25) is 0 Å². The highest BCUT2D eigenvalue weighted by Gasteiger charge is 2.40. The molecule has 0 aliphatic heterocycles. The number of nitrogens with two attached hydrogens (primary N) is 1. The highest BCUT2D eigenvalue weighted by molar-refractivity contribution is 5.45. The predicted octanol–water partition coefficient (Wildman–Crippen LogP) is 3.42. The molecule has 2 rings (SSSR count). The summed E-state index contributed by atoms with van der Waals surface area (Å²) in [5.74, 6) is 0. The highest BCUT2D eigenvalue weighted by atomic mass is 14.6. The zero-order chi connectivity index (χ0) is 11.3. The van der Waals surface area contributed by atoms with Crippen molar-refractivity contribution < 1.29 is 0 Å². The van der Waals surface area contributed by atoms with Gasteiger partial charge in [0.1, 0.15) is 0 Å². The largest absolute Gasteiger partial charge is 0.324 e. The van der Waals surface area contributed by atoms with Gasteiger partial charge in [0.05, 0.1) is 0 Å². The second kappa shape index (κ2) is 3.21. The lowest BCUT2D eigenvalue weighted by atomic mass is 9.59. The smallest absolute Gasteiger partial charge is 0.0264 e. The molecule has 0 spiro atoms. The lowest BCUT2D eigenvalue weighted by Gasteiger charge is -2.46. The van der Waals surface area contributed by atoms with E-state index in [-0.39, 0.29) is 6.04 Å². The summed E-state index contributed by atoms with van der Waals surface area (Å²) in [7, 11) is 0. The Kier molecular flexibility index (Phi) is 2.34. The number of hydrogen-bond acceptors (Lipinski definition) is 1. The molecule has 2 aliphatic carbocycles. The Morgan fingerprint density at radius 2 is 1.60 bits per heavy atom. The Balaban J connectivity index is 2.45. The zero-order valence-corrected chi connectivity index (χ0v) is 10.4. The molecular weight excluding hydrogens is 182 g/mol. The second-order valence-corrected chi connectivity index (χ2v) is 6.37. The van der Waals surface area contributed by atoms with E-state index in [2.05, 4.69) is 39.8 Å². The fourth-order valence-corrected chi connectivity index (χ4v) is 2.86. The minimum absolute atomic E-state index is 0.233. The summed E-state index contributed by atoms with van der Waals surface area (Å²) in [6.45, 7) is 9.41. The maximum absolute atomic E-state index is 6.03. The summed E-state index contributed by atoms with van der Waals surface area (Å²) < 4.78 is 0. The normalized spacial score (nSPS) is 32.7. The molecule has 1 heteroatoms. The van der Waals surface area contributed by atoms with Crippen LogP contribution in [-0.4, -0.2) is 6.04 Å². The van der Waals surface area contributed by atoms with Crippen LogP contribution in [0.25, 0.3) is 0 Å². The van der Waals surface area contributed by atoms with Gasteiger partial charge < -0.3 is 5.73 Å². The van der Waals surface area contributed by atoms with Gasteiger partial charge in [-0.25, -0.2) is 0 Å². The van der Waals surface area contributed by atoms with E-state index in [1.165, 1.54) is 18.4 Å². The van der Waals surface area contributed by atoms with Crippen LogP contribution in [-0.2, 0) is 0 Å². The average molecular weight is 205 g/mol. The van der Waals surface area contributed by atoms with Gasteiger partial charge in [0.15, 0.2) is 0 Å². The minimum atomic E-state index is 0.233. The van der Waals surface area contributed by atoms with Crippen LogP contribution in [0.1, 0.15) is 47.0 Å². The van der Waals surface area contributed by atoms with Crippen molar-refractivity contribution in [3.8, 4) is 0 Å². The molecule has 2 N–H and O–H groups in total. The summed E-state index contributed by atoms with van der Waals surface area (Å²) in [4.78, 5) is 0. The summed E-state index contributed by atoms with van der Waals surface area (Å²) in [5, 5.41) is 0. The van der Waals surface area contributed by atoms with E-state index in [0.29, 0.717) is 10.8 Å². The van der Waals surface area contributed by atoms with E-state index in [0.717, 1.165) is 6.42 Å². The molecule has 84 valence electrons. The van der Waals surface area contributed by atoms with Gasteiger partial charge in [-0.3, -0.25) is 0 Å². The Morgan fingerprint density at radius 3 is 2.20 bits per heavy atom. The Labute approximate surface area is 93.4 Å². The van der Waals surface area contributed by atoms with Gasteiger partial charge in [-0.05, 0) is 41.2 Å². The zero-order valence-electron chi connectivity index (χ0n) is 10.4. The SMILES string of the molecule is CC1(C)CCC(C)(C)C2=CC(N)CC=C21. The van der Waals surface area contributed by atoms with Crippen molar-refractivity contribution in [1.82, 2.24) is 0 Å². The molecule has 0 saturated heterocycles. The molecule has 1 fully saturated rings. The van der Waals surface area contributed by atoms with Crippen molar-refractivity contribution >= 4 is 0 Å². The lowest BCUT2D eigenvalue weighted by Crippen LogP contribution is -2.35. The Morgan fingerprint density at radius 1 is 1.07 bits per heavy atom. The van der Waals surface area contributed by atoms with E-state index in [9.17, 15) is 0 Å². The van der Waals surface area contributed by atoms with E-state index >= 15 is 0 Å². The molecule has 1 unspecified atom stereocenters. The molecule has 0 aromatic heterocycles. The fourth-order valence-electron chi connectivity index (χ4n) is 2.86. The minimum Gasteiger partial charge on any atom is -0.324 e. The van der Waals surface area contributed by atoms with Crippen molar-refractivity contribution in [2.75, 3.05) is 0 Å². The summed E-state index contributed by atoms with van der Waals surface area (Å²) in [5.41, 5.74) is 9.77. The molecular formula is C14H23N. The fraction of sp³-hybridized carbons (Fsp3) is 0.714. The van der Waals surface area contributed by atoms with Crippen LogP contribution in [0.5, 0.6) is 0 Å². The number of rotatable bonds is 0.